The Labute approximate surface area is 109 Å². The molecule has 1 rings (SSSR count). The number of esters is 1. The van der Waals surface area contributed by atoms with Gasteiger partial charge in [-0.3, -0.25) is 9.59 Å². The zero-order chi connectivity index (χ0) is 14.4. The van der Waals surface area contributed by atoms with Crippen molar-refractivity contribution < 1.29 is 23.5 Å². The van der Waals surface area contributed by atoms with Crippen molar-refractivity contribution in [3.63, 3.8) is 0 Å². The third-order valence-electron chi connectivity index (χ3n) is 2.35. The van der Waals surface area contributed by atoms with Gasteiger partial charge in [0.1, 0.15) is 18.0 Å². The maximum atomic E-state index is 13.6. The second-order valence-electron chi connectivity index (χ2n) is 3.66. The van der Waals surface area contributed by atoms with Gasteiger partial charge in [0.2, 0.25) is 0 Å². The van der Waals surface area contributed by atoms with Crippen molar-refractivity contribution in [3.8, 4) is 5.75 Å². The average Bonchev–Trinajstić information content (AvgIpc) is 2.38. The number of hydrogen-bond acceptors (Lipinski definition) is 5. The van der Waals surface area contributed by atoms with Crippen LogP contribution in [0.1, 0.15) is 12.0 Å². The second-order valence-corrected chi connectivity index (χ2v) is 3.66. The van der Waals surface area contributed by atoms with Gasteiger partial charge in [-0.05, 0) is 18.2 Å². The molecule has 0 bridgehead atoms. The van der Waals surface area contributed by atoms with Crippen LogP contribution in [0.5, 0.6) is 5.75 Å². The Morgan fingerprint density at radius 1 is 1.37 bits per heavy atom. The molecule has 0 atom stereocenters. The molecule has 0 aliphatic heterocycles. The van der Waals surface area contributed by atoms with Crippen molar-refractivity contribution in [1.82, 2.24) is 0 Å². The average molecular weight is 267 g/mol. The van der Waals surface area contributed by atoms with E-state index in [1.54, 1.807) is 0 Å². The largest absolute Gasteiger partial charge is 0.497 e. The van der Waals surface area contributed by atoms with E-state index in [9.17, 15) is 14.0 Å². The molecule has 0 aliphatic carbocycles. The van der Waals surface area contributed by atoms with Crippen LogP contribution in [-0.2, 0) is 14.3 Å². The lowest BCUT2D eigenvalue weighted by Crippen LogP contribution is -2.09. The van der Waals surface area contributed by atoms with E-state index in [2.05, 4.69) is 4.74 Å². The van der Waals surface area contributed by atoms with Crippen LogP contribution >= 0.6 is 0 Å². The number of nitrogens with two attached hydrogens (primary N) is 1. The molecule has 0 radical (unpaired) electrons. The molecule has 0 unspecified atom stereocenters. The van der Waals surface area contributed by atoms with Gasteiger partial charge in [-0.2, -0.15) is 0 Å². The van der Waals surface area contributed by atoms with Crippen LogP contribution in [0.25, 0.3) is 5.70 Å². The van der Waals surface area contributed by atoms with Crippen molar-refractivity contribution in [2.75, 3.05) is 14.2 Å². The number of carbonyl (C=O) groups excluding carboxylic acids is 2. The summed E-state index contributed by atoms with van der Waals surface area (Å²) < 4.78 is 22.8. The van der Waals surface area contributed by atoms with Gasteiger partial charge in [-0.15, -0.1) is 0 Å². The highest BCUT2D eigenvalue weighted by Crippen LogP contribution is 2.20. The van der Waals surface area contributed by atoms with Gasteiger partial charge in [0.15, 0.2) is 5.78 Å². The summed E-state index contributed by atoms with van der Waals surface area (Å²) >= 11 is 0. The normalized spacial score (nSPS) is 11.0. The highest BCUT2D eigenvalue weighted by Gasteiger charge is 2.11. The van der Waals surface area contributed by atoms with Gasteiger partial charge in [0, 0.05) is 17.3 Å². The monoisotopic (exact) mass is 267 g/mol. The molecule has 0 saturated heterocycles. The summed E-state index contributed by atoms with van der Waals surface area (Å²) in [4.78, 5) is 22.4. The van der Waals surface area contributed by atoms with Gasteiger partial charge >= 0.3 is 5.97 Å². The maximum Gasteiger partial charge on any atom is 0.313 e. The Bertz CT molecular complexity index is 525. The predicted molar refractivity (Wildman–Crippen MR) is 66.8 cm³/mol. The SMILES string of the molecule is COC(=O)CC(=O)/C=C(/N)c1cc(OC)ccc1F. The first kappa shape index (κ1) is 14.7. The number of methoxy groups -OCH3 is 2. The van der Waals surface area contributed by atoms with E-state index in [0.717, 1.165) is 6.08 Å². The van der Waals surface area contributed by atoms with E-state index in [-0.39, 0.29) is 11.3 Å². The Balaban J connectivity index is 2.95. The molecule has 1 aromatic carbocycles. The van der Waals surface area contributed by atoms with Gasteiger partial charge < -0.3 is 15.2 Å². The molecule has 2 N–H and O–H groups in total. The minimum Gasteiger partial charge on any atom is -0.497 e. The highest BCUT2D eigenvalue weighted by atomic mass is 19.1. The number of carbonyl (C=O) groups is 2. The molecule has 6 heteroatoms. The first-order valence-electron chi connectivity index (χ1n) is 5.38. The topological polar surface area (TPSA) is 78.6 Å². The summed E-state index contributed by atoms with van der Waals surface area (Å²) in [5.74, 6) is -1.42. The van der Waals surface area contributed by atoms with Crippen LogP contribution in [0.2, 0.25) is 0 Å². The number of hydrogen-bond donors (Lipinski definition) is 1. The zero-order valence-corrected chi connectivity index (χ0v) is 10.6. The molecule has 5 nitrogen and oxygen atoms in total. The van der Waals surface area contributed by atoms with Gasteiger partial charge in [-0.1, -0.05) is 0 Å². The van der Waals surface area contributed by atoms with E-state index < -0.39 is 24.0 Å². The van der Waals surface area contributed by atoms with E-state index in [1.165, 1.54) is 32.4 Å². The van der Waals surface area contributed by atoms with Crippen molar-refractivity contribution in [1.29, 1.82) is 0 Å². The summed E-state index contributed by atoms with van der Waals surface area (Å²) in [5, 5.41) is 0. The molecule has 0 heterocycles. The number of allylic oxidation sites excluding steroid dienone is 1. The Morgan fingerprint density at radius 3 is 2.63 bits per heavy atom. The number of ketones is 1. The molecule has 1 aromatic rings. The molecule has 102 valence electrons. The van der Waals surface area contributed by atoms with Crippen molar-refractivity contribution in [3.05, 3.63) is 35.7 Å². The van der Waals surface area contributed by atoms with Crippen LogP contribution in [0, 0.1) is 5.82 Å². The van der Waals surface area contributed by atoms with Crippen molar-refractivity contribution >= 4 is 17.4 Å². The van der Waals surface area contributed by atoms with Crippen molar-refractivity contribution in [2.24, 2.45) is 5.73 Å². The quantitative estimate of drug-likeness (QED) is 0.493. The standard InChI is InChI=1S/C13H14FNO4/c1-18-9-3-4-11(14)10(7-9)12(15)5-8(16)6-13(17)19-2/h3-5,7H,6,15H2,1-2H3/b12-5+. The Kier molecular flexibility index (Phi) is 5.05. The predicted octanol–water partition coefficient (Wildman–Crippen LogP) is 1.27. The van der Waals surface area contributed by atoms with Crippen LogP contribution in [0.3, 0.4) is 0 Å². The summed E-state index contributed by atoms with van der Waals surface area (Å²) in [7, 11) is 2.60. The first-order chi connectivity index (χ1) is 8.97. The molecule has 0 fully saturated rings. The smallest absolute Gasteiger partial charge is 0.313 e. The minimum absolute atomic E-state index is 0.0394. The zero-order valence-electron chi connectivity index (χ0n) is 10.6. The highest BCUT2D eigenvalue weighted by molar-refractivity contribution is 6.05. The number of ether oxygens (including phenoxy) is 2. The van der Waals surface area contributed by atoms with Crippen LogP contribution in [0.4, 0.5) is 4.39 Å². The van der Waals surface area contributed by atoms with E-state index in [0.29, 0.717) is 5.75 Å². The molecule has 0 amide bonds. The van der Waals surface area contributed by atoms with Crippen LogP contribution in [-0.4, -0.2) is 26.0 Å². The summed E-state index contributed by atoms with van der Waals surface area (Å²) in [6.45, 7) is 0. The summed E-state index contributed by atoms with van der Waals surface area (Å²) in [6, 6.07) is 3.98. The molecule has 0 saturated carbocycles. The van der Waals surface area contributed by atoms with Gasteiger partial charge in [0.05, 0.1) is 14.2 Å². The molecule has 0 spiro atoms. The van der Waals surface area contributed by atoms with Crippen molar-refractivity contribution in [2.45, 2.75) is 6.42 Å². The molecule has 0 aromatic heterocycles. The third-order valence-corrected chi connectivity index (χ3v) is 2.35. The van der Waals surface area contributed by atoms with Crippen LogP contribution < -0.4 is 10.5 Å². The second kappa shape index (κ2) is 6.53. The fraction of sp³-hybridized carbons (Fsp3) is 0.231. The minimum atomic E-state index is -0.680. The van der Waals surface area contributed by atoms with Gasteiger partial charge in [-0.25, -0.2) is 4.39 Å². The fourth-order valence-electron chi connectivity index (χ4n) is 1.37. The number of rotatable bonds is 5. The van der Waals surface area contributed by atoms with Crippen LogP contribution in [0.15, 0.2) is 24.3 Å². The Hall–Kier alpha value is -2.37. The molecule has 0 aliphatic rings. The Morgan fingerprint density at radius 2 is 2.05 bits per heavy atom. The third kappa shape index (κ3) is 4.09. The lowest BCUT2D eigenvalue weighted by molar-refractivity contribution is -0.142. The molecule has 19 heavy (non-hydrogen) atoms. The van der Waals surface area contributed by atoms with E-state index in [1.807, 2.05) is 0 Å². The molecular weight excluding hydrogens is 253 g/mol. The van der Waals surface area contributed by atoms with Gasteiger partial charge in [0.25, 0.3) is 0 Å². The number of benzene rings is 1. The summed E-state index contributed by atoms with van der Waals surface area (Å²) in [5.41, 5.74) is 5.59. The summed E-state index contributed by atoms with van der Waals surface area (Å²) in [6.07, 6.45) is 0.553. The van der Waals surface area contributed by atoms with E-state index in [4.69, 9.17) is 10.5 Å². The fourth-order valence-corrected chi connectivity index (χ4v) is 1.37. The lowest BCUT2D eigenvalue weighted by atomic mass is 10.1. The molecular formula is C13H14FNO4. The number of halogens is 1. The maximum absolute atomic E-state index is 13.6. The van der Waals surface area contributed by atoms with E-state index >= 15 is 0 Å². The lowest BCUT2D eigenvalue weighted by Gasteiger charge is -2.06. The first-order valence-corrected chi connectivity index (χ1v) is 5.38.